The van der Waals surface area contributed by atoms with Gasteiger partial charge in [-0.05, 0) is 29.8 Å². The van der Waals surface area contributed by atoms with E-state index in [1.165, 1.54) is 25.3 Å². The van der Waals surface area contributed by atoms with Crippen LogP contribution in [0.2, 0.25) is 0 Å². The zero-order chi connectivity index (χ0) is 18.7. The Hall–Kier alpha value is -2.92. The van der Waals surface area contributed by atoms with Crippen molar-refractivity contribution in [2.45, 2.75) is 19.1 Å². The minimum absolute atomic E-state index is 0.184. The Labute approximate surface area is 151 Å². The molecule has 2 aromatic carbocycles. The van der Waals surface area contributed by atoms with Gasteiger partial charge in [-0.15, -0.1) is 0 Å². The van der Waals surface area contributed by atoms with Gasteiger partial charge in [0.2, 0.25) is 5.79 Å². The first-order chi connectivity index (χ1) is 12.5. The van der Waals surface area contributed by atoms with Crippen molar-refractivity contribution >= 4 is 17.6 Å². The molecule has 0 bridgehead atoms. The number of carbonyl (C=O) groups is 1. The third-order valence-corrected chi connectivity index (χ3v) is 4.29. The first-order valence-electron chi connectivity index (χ1n) is 8.26. The smallest absolute Gasteiger partial charge is 0.341 e. The van der Waals surface area contributed by atoms with E-state index >= 15 is 0 Å². The summed E-state index contributed by atoms with van der Waals surface area (Å²) in [5.41, 5.74) is 1.72. The molecule has 0 aromatic heterocycles. The molecule has 0 aliphatic carbocycles. The number of hydrogen-bond donors (Lipinski definition) is 1. The summed E-state index contributed by atoms with van der Waals surface area (Å²) in [5, 5.41) is 10.9. The van der Waals surface area contributed by atoms with Crippen LogP contribution in [0.25, 0.3) is 11.6 Å². The van der Waals surface area contributed by atoms with Gasteiger partial charge in [0.05, 0.1) is 12.7 Å². The molecule has 1 N–H and O–H groups in total. The first-order valence-corrected chi connectivity index (χ1v) is 8.26. The Kier molecular flexibility index (Phi) is 4.91. The molecule has 1 aliphatic rings. The fourth-order valence-electron chi connectivity index (χ4n) is 2.97. The number of rotatable bonds is 5. The number of carbonyl (C=O) groups excluding carboxylic acids is 1. The number of benzene rings is 2. The maximum absolute atomic E-state index is 13.4. The monoisotopic (exact) mass is 354 g/mol. The third kappa shape index (κ3) is 3.26. The topological polar surface area (TPSA) is 55.8 Å². The quantitative estimate of drug-likeness (QED) is 0.826. The van der Waals surface area contributed by atoms with Gasteiger partial charge in [-0.3, -0.25) is 0 Å². The average Bonchev–Trinajstić information content (AvgIpc) is 2.90. The van der Waals surface area contributed by atoms with Crippen LogP contribution in [0, 0.1) is 5.82 Å². The maximum Gasteiger partial charge on any atom is 0.341 e. The van der Waals surface area contributed by atoms with Gasteiger partial charge in [-0.25, -0.2) is 9.18 Å². The van der Waals surface area contributed by atoms with Crippen molar-refractivity contribution in [3.05, 3.63) is 77.1 Å². The molecule has 134 valence electrons. The van der Waals surface area contributed by atoms with Crippen LogP contribution in [-0.2, 0) is 9.53 Å². The Balaban J connectivity index is 2.16. The van der Waals surface area contributed by atoms with Crippen molar-refractivity contribution in [2.75, 3.05) is 7.11 Å². The molecule has 3 rings (SSSR count). The number of esters is 1. The van der Waals surface area contributed by atoms with E-state index in [0.717, 1.165) is 0 Å². The lowest BCUT2D eigenvalue weighted by atomic mass is 9.91. The van der Waals surface area contributed by atoms with E-state index in [9.17, 15) is 14.3 Å². The molecule has 1 atom stereocenters. The zero-order valence-electron chi connectivity index (χ0n) is 14.5. The highest BCUT2D eigenvalue weighted by molar-refractivity contribution is 6.07. The molecule has 5 heteroatoms. The molecule has 0 saturated heterocycles. The van der Waals surface area contributed by atoms with Crippen LogP contribution in [0.15, 0.2) is 60.2 Å². The van der Waals surface area contributed by atoms with Gasteiger partial charge in [-0.1, -0.05) is 43.3 Å². The summed E-state index contributed by atoms with van der Waals surface area (Å²) in [4.78, 5) is 12.4. The fourth-order valence-corrected chi connectivity index (χ4v) is 2.97. The van der Waals surface area contributed by atoms with Crippen molar-refractivity contribution in [2.24, 2.45) is 0 Å². The molecule has 0 spiro atoms. The second kappa shape index (κ2) is 7.14. The molecular formula is C21H19FO4. The predicted molar refractivity (Wildman–Crippen MR) is 96.7 cm³/mol. The molecule has 4 nitrogen and oxygen atoms in total. The van der Waals surface area contributed by atoms with Crippen LogP contribution in [-0.4, -0.2) is 24.0 Å². The van der Waals surface area contributed by atoms with Crippen molar-refractivity contribution in [1.29, 1.82) is 0 Å². The van der Waals surface area contributed by atoms with Crippen LogP contribution in [0.4, 0.5) is 4.39 Å². The molecule has 0 radical (unpaired) electrons. The number of ether oxygens (including phenoxy) is 2. The highest BCUT2D eigenvalue weighted by atomic mass is 19.1. The largest absolute Gasteiger partial charge is 0.496 e. The van der Waals surface area contributed by atoms with E-state index in [2.05, 4.69) is 0 Å². The van der Waals surface area contributed by atoms with E-state index in [1.54, 1.807) is 49.4 Å². The molecule has 0 saturated carbocycles. The Morgan fingerprint density at radius 2 is 1.96 bits per heavy atom. The number of cyclic esters (lactones) is 1. The maximum atomic E-state index is 13.4. The number of methoxy groups -OCH3 is 1. The first kappa shape index (κ1) is 17.9. The second-order valence-electron chi connectivity index (χ2n) is 5.90. The summed E-state index contributed by atoms with van der Waals surface area (Å²) in [6, 6.07) is 13.1. The zero-order valence-corrected chi connectivity index (χ0v) is 14.5. The summed E-state index contributed by atoms with van der Waals surface area (Å²) < 4.78 is 24.0. The Morgan fingerprint density at radius 3 is 2.65 bits per heavy atom. The summed E-state index contributed by atoms with van der Waals surface area (Å²) in [6.45, 7) is 1.72. The van der Waals surface area contributed by atoms with Crippen LogP contribution in [0.5, 0.6) is 5.75 Å². The van der Waals surface area contributed by atoms with Gasteiger partial charge in [0.25, 0.3) is 0 Å². The fraction of sp³-hybridized carbons (Fsp3) is 0.190. The number of halogens is 1. The Bertz CT molecular complexity index is 900. The van der Waals surface area contributed by atoms with Gasteiger partial charge in [0.1, 0.15) is 11.6 Å². The number of aliphatic hydroxyl groups is 1. The van der Waals surface area contributed by atoms with E-state index in [1.807, 2.05) is 0 Å². The number of para-hydroxylation sites is 1. The van der Waals surface area contributed by atoms with Gasteiger partial charge >= 0.3 is 5.97 Å². The van der Waals surface area contributed by atoms with Crippen molar-refractivity contribution in [3.8, 4) is 5.75 Å². The molecule has 1 heterocycles. The minimum Gasteiger partial charge on any atom is -0.496 e. The number of hydrogen-bond acceptors (Lipinski definition) is 4. The van der Waals surface area contributed by atoms with Gasteiger partial charge < -0.3 is 14.6 Å². The van der Waals surface area contributed by atoms with E-state index in [0.29, 0.717) is 22.4 Å². The van der Waals surface area contributed by atoms with E-state index in [4.69, 9.17) is 9.47 Å². The molecule has 2 aromatic rings. The molecule has 0 amide bonds. The van der Waals surface area contributed by atoms with Crippen LogP contribution >= 0.6 is 0 Å². The summed E-state index contributed by atoms with van der Waals surface area (Å²) >= 11 is 0. The molecule has 1 unspecified atom stereocenters. The summed E-state index contributed by atoms with van der Waals surface area (Å²) in [5.74, 6) is -2.23. The molecule has 1 aliphatic heterocycles. The van der Waals surface area contributed by atoms with Gasteiger partial charge in [0, 0.05) is 17.6 Å². The van der Waals surface area contributed by atoms with Gasteiger partial charge in [0.15, 0.2) is 0 Å². The molecular weight excluding hydrogens is 335 g/mol. The lowest BCUT2D eigenvalue weighted by Gasteiger charge is -2.24. The van der Waals surface area contributed by atoms with Crippen molar-refractivity contribution in [1.82, 2.24) is 0 Å². The molecule has 0 fully saturated rings. The SMILES string of the molecule is CCC1(O)OC(=O)C(C=Cc2cccc(F)c2)=C1c1ccccc1OC. The molecule has 26 heavy (non-hydrogen) atoms. The van der Waals surface area contributed by atoms with Crippen LogP contribution in [0.1, 0.15) is 24.5 Å². The highest BCUT2D eigenvalue weighted by Gasteiger charge is 2.45. The summed E-state index contributed by atoms with van der Waals surface area (Å²) in [6.07, 6.45) is 3.33. The lowest BCUT2D eigenvalue weighted by Crippen LogP contribution is -2.30. The third-order valence-electron chi connectivity index (χ3n) is 4.29. The Morgan fingerprint density at radius 1 is 1.19 bits per heavy atom. The van der Waals surface area contributed by atoms with Crippen LogP contribution < -0.4 is 4.74 Å². The normalized spacial score (nSPS) is 19.9. The second-order valence-corrected chi connectivity index (χ2v) is 5.90. The highest BCUT2D eigenvalue weighted by Crippen LogP contribution is 2.44. The van der Waals surface area contributed by atoms with Crippen molar-refractivity contribution < 1.29 is 23.8 Å². The minimum atomic E-state index is -1.74. The summed E-state index contributed by atoms with van der Waals surface area (Å²) in [7, 11) is 1.52. The van der Waals surface area contributed by atoms with E-state index < -0.39 is 11.8 Å². The van der Waals surface area contributed by atoms with E-state index in [-0.39, 0.29) is 17.8 Å². The average molecular weight is 354 g/mol. The van der Waals surface area contributed by atoms with Gasteiger partial charge in [-0.2, -0.15) is 0 Å². The van der Waals surface area contributed by atoms with Crippen molar-refractivity contribution in [3.63, 3.8) is 0 Å². The van der Waals surface area contributed by atoms with Crippen LogP contribution in [0.3, 0.4) is 0 Å². The lowest BCUT2D eigenvalue weighted by molar-refractivity contribution is -0.176. The predicted octanol–water partition coefficient (Wildman–Crippen LogP) is 3.96. The standard InChI is InChI=1S/C21H19FO4/c1-3-21(24)19(16-9-4-5-10-18(16)25-2)17(20(23)26-21)12-11-14-7-6-8-15(22)13-14/h4-13,24H,3H2,1-2H3.